The van der Waals surface area contributed by atoms with Crippen LogP contribution in [0.2, 0.25) is 5.02 Å². The van der Waals surface area contributed by atoms with Gasteiger partial charge in [0.15, 0.2) is 0 Å². The molecule has 2 rings (SSSR count). The van der Waals surface area contributed by atoms with Crippen molar-refractivity contribution in [3.05, 3.63) is 28.8 Å². The van der Waals surface area contributed by atoms with Gasteiger partial charge in [-0.2, -0.15) is 0 Å². The van der Waals surface area contributed by atoms with E-state index in [4.69, 9.17) is 22.1 Å². The lowest BCUT2D eigenvalue weighted by Crippen LogP contribution is -2.45. The van der Waals surface area contributed by atoms with Crippen LogP contribution in [0.1, 0.15) is 24.4 Å². The number of rotatable bonds is 5. The van der Waals surface area contributed by atoms with Crippen molar-refractivity contribution in [1.82, 2.24) is 9.80 Å². The number of hydrogen-bond donors (Lipinski definition) is 1. The highest BCUT2D eigenvalue weighted by Gasteiger charge is 2.26. The number of benzene rings is 1. The molecule has 1 aliphatic rings. The predicted molar refractivity (Wildman–Crippen MR) is 88.1 cm³/mol. The van der Waals surface area contributed by atoms with Gasteiger partial charge in [0, 0.05) is 31.7 Å². The van der Waals surface area contributed by atoms with Gasteiger partial charge < -0.3 is 15.4 Å². The Balaban J connectivity index is 2.08. The van der Waals surface area contributed by atoms with Crippen molar-refractivity contribution < 1.29 is 4.74 Å². The number of hydrogen-bond acceptors (Lipinski definition) is 4. The fourth-order valence-electron chi connectivity index (χ4n) is 3.10. The minimum Gasteiger partial charge on any atom is -0.495 e. The summed E-state index contributed by atoms with van der Waals surface area (Å²) in [6, 6.07) is 6.89. The molecule has 0 bridgehead atoms. The SMILES string of the molecule is COc1ccc(C(CN)N2CCC(N(C)C)CC2)cc1Cl. The van der Waals surface area contributed by atoms with E-state index in [1.54, 1.807) is 7.11 Å². The molecule has 1 heterocycles. The van der Waals surface area contributed by atoms with Crippen molar-refractivity contribution in [3.8, 4) is 5.75 Å². The molecular weight excluding hydrogens is 286 g/mol. The minimum absolute atomic E-state index is 0.233. The highest BCUT2D eigenvalue weighted by Crippen LogP contribution is 2.31. The first kappa shape index (κ1) is 16.6. The van der Waals surface area contributed by atoms with E-state index in [0.29, 0.717) is 23.4 Å². The van der Waals surface area contributed by atoms with E-state index in [-0.39, 0.29) is 6.04 Å². The number of likely N-dealkylation sites (tertiary alicyclic amines) is 1. The number of nitrogens with two attached hydrogens (primary N) is 1. The molecule has 0 radical (unpaired) electrons. The number of nitrogens with zero attached hydrogens (tertiary/aromatic N) is 2. The highest BCUT2D eigenvalue weighted by molar-refractivity contribution is 6.32. The van der Waals surface area contributed by atoms with Crippen LogP contribution >= 0.6 is 11.6 Å². The smallest absolute Gasteiger partial charge is 0.137 e. The Morgan fingerprint density at radius 3 is 2.52 bits per heavy atom. The molecule has 21 heavy (non-hydrogen) atoms. The normalized spacial score (nSPS) is 19.0. The van der Waals surface area contributed by atoms with E-state index < -0.39 is 0 Å². The number of ether oxygens (including phenoxy) is 1. The lowest BCUT2D eigenvalue weighted by molar-refractivity contribution is 0.111. The van der Waals surface area contributed by atoms with Crippen LogP contribution < -0.4 is 10.5 Å². The van der Waals surface area contributed by atoms with Crippen molar-refractivity contribution in [3.63, 3.8) is 0 Å². The fourth-order valence-corrected chi connectivity index (χ4v) is 3.37. The van der Waals surface area contributed by atoms with E-state index in [1.165, 1.54) is 18.4 Å². The third-order valence-corrected chi connectivity index (χ3v) is 4.75. The molecular formula is C16H26ClN3O. The average Bonchev–Trinajstić information content (AvgIpc) is 2.49. The maximum atomic E-state index is 6.24. The van der Waals surface area contributed by atoms with Crippen molar-refractivity contribution in [2.75, 3.05) is 40.8 Å². The summed E-state index contributed by atoms with van der Waals surface area (Å²) in [6.45, 7) is 2.76. The van der Waals surface area contributed by atoms with E-state index in [2.05, 4.69) is 30.0 Å². The molecule has 2 N–H and O–H groups in total. The first-order valence-electron chi connectivity index (χ1n) is 7.50. The van der Waals surface area contributed by atoms with Gasteiger partial charge >= 0.3 is 0 Å². The van der Waals surface area contributed by atoms with Gasteiger partial charge in [0.05, 0.1) is 12.1 Å². The molecule has 0 amide bonds. The monoisotopic (exact) mass is 311 g/mol. The Morgan fingerprint density at radius 2 is 2.05 bits per heavy atom. The Hall–Kier alpha value is -0.810. The first-order valence-corrected chi connectivity index (χ1v) is 7.88. The van der Waals surface area contributed by atoms with Crippen LogP contribution in [0.5, 0.6) is 5.75 Å². The van der Waals surface area contributed by atoms with Gasteiger partial charge in [-0.3, -0.25) is 4.90 Å². The summed E-state index contributed by atoms with van der Waals surface area (Å²) in [4.78, 5) is 4.79. The quantitative estimate of drug-likeness (QED) is 0.906. The Labute approximate surface area is 132 Å². The molecule has 1 aliphatic heterocycles. The van der Waals surface area contributed by atoms with E-state index in [1.807, 2.05) is 12.1 Å². The maximum absolute atomic E-state index is 6.24. The second kappa shape index (κ2) is 7.45. The Kier molecular flexibility index (Phi) is 5.88. The van der Waals surface area contributed by atoms with Gasteiger partial charge in [0.1, 0.15) is 5.75 Å². The average molecular weight is 312 g/mol. The fraction of sp³-hybridized carbons (Fsp3) is 0.625. The molecule has 4 nitrogen and oxygen atoms in total. The van der Waals surface area contributed by atoms with Crippen molar-refractivity contribution in [2.45, 2.75) is 24.9 Å². The molecule has 118 valence electrons. The van der Waals surface area contributed by atoms with Crippen LogP contribution in [-0.4, -0.2) is 56.7 Å². The summed E-state index contributed by atoms with van der Waals surface area (Å²) in [5.74, 6) is 0.711. The van der Waals surface area contributed by atoms with E-state index in [9.17, 15) is 0 Å². The van der Waals surface area contributed by atoms with Crippen LogP contribution in [-0.2, 0) is 0 Å². The summed E-state index contributed by atoms with van der Waals surface area (Å²) < 4.78 is 5.22. The van der Waals surface area contributed by atoms with Gasteiger partial charge in [0.2, 0.25) is 0 Å². The molecule has 0 saturated carbocycles. The molecule has 1 atom stereocenters. The third-order valence-electron chi connectivity index (χ3n) is 4.45. The molecule has 5 heteroatoms. The summed E-state index contributed by atoms with van der Waals surface area (Å²) in [7, 11) is 5.95. The largest absolute Gasteiger partial charge is 0.495 e. The van der Waals surface area contributed by atoms with Gasteiger partial charge in [-0.05, 0) is 44.6 Å². The number of methoxy groups -OCH3 is 1. The predicted octanol–water partition coefficient (Wildman–Crippen LogP) is 2.37. The topological polar surface area (TPSA) is 41.7 Å². The van der Waals surface area contributed by atoms with Gasteiger partial charge in [-0.25, -0.2) is 0 Å². The lowest BCUT2D eigenvalue weighted by Gasteiger charge is -2.39. The maximum Gasteiger partial charge on any atom is 0.137 e. The highest BCUT2D eigenvalue weighted by atomic mass is 35.5. The second-order valence-electron chi connectivity index (χ2n) is 5.88. The Bertz CT molecular complexity index is 459. The molecule has 0 aliphatic carbocycles. The van der Waals surface area contributed by atoms with Crippen LogP contribution in [0, 0.1) is 0 Å². The number of piperidine rings is 1. The first-order chi connectivity index (χ1) is 10.1. The summed E-state index contributed by atoms with van der Waals surface area (Å²) in [5.41, 5.74) is 7.20. The molecule has 1 unspecified atom stereocenters. The van der Waals surface area contributed by atoms with Crippen molar-refractivity contribution in [2.24, 2.45) is 5.73 Å². The van der Waals surface area contributed by atoms with Gasteiger partial charge in [0.25, 0.3) is 0 Å². The molecule has 1 aromatic rings. The van der Waals surface area contributed by atoms with E-state index in [0.717, 1.165) is 13.1 Å². The van der Waals surface area contributed by atoms with Crippen LogP contribution in [0.25, 0.3) is 0 Å². The van der Waals surface area contributed by atoms with Crippen LogP contribution in [0.4, 0.5) is 0 Å². The van der Waals surface area contributed by atoms with Gasteiger partial charge in [-0.15, -0.1) is 0 Å². The summed E-state index contributed by atoms with van der Waals surface area (Å²) in [6.07, 6.45) is 2.38. The lowest BCUT2D eigenvalue weighted by atomic mass is 9.98. The molecule has 1 aromatic carbocycles. The third kappa shape index (κ3) is 3.89. The Morgan fingerprint density at radius 1 is 1.38 bits per heavy atom. The molecule has 1 saturated heterocycles. The molecule has 0 spiro atoms. The zero-order valence-corrected chi connectivity index (χ0v) is 13.9. The zero-order chi connectivity index (χ0) is 15.4. The molecule has 1 fully saturated rings. The van der Waals surface area contributed by atoms with Crippen molar-refractivity contribution >= 4 is 11.6 Å². The summed E-state index contributed by atoms with van der Waals surface area (Å²) in [5, 5.41) is 0.650. The minimum atomic E-state index is 0.233. The second-order valence-corrected chi connectivity index (χ2v) is 6.28. The standard InChI is InChI=1S/C16H26ClN3O/c1-19(2)13-6-8-20(9-7-13)15(11-18)12-4-5-16(21-3)14(17)10-12/h4-5,10,13,15H,6-9,11,18H2,1-3H3. The van der Waals surface area contributed by atoms with Gasteiger partial charge in [-0.1, -0.05) is 17.7 Å². The molecule has 0 aromatic heterocycles. The van der Waals surface area contributed by atoms with E-state index >= 15 is 0 Å². The summed E-state index contributed by atoms with van der Waals surface area (Å²) >= 11 is 6.24. The van der Waals surface area contributed by atoms with Crippen LogP contribution in [0.3, 0.4) is 0 Å². The zero-order valence-electron chi connectivity index (χ0n) is 13.2. The van der Waals surface area contributed by atoms with Crippen molar-refractivity contribution in [1.29, 1.82) is 0 Å². The van der Waals surface area contributed by atoms with Crippen LogP contribution in [0.15, 0.2) is 18.2 Å². The number of halogens is 1.